The molecule has 0 spiro atoms. The van der Waals surface area contributed by atoms with Crippen molar-refractivity contribution in [3.05, 3.63) is 71.1 Å². The maximum absolute atomic E-state index is 13.1. The first kappa shape index (κ1) is 18.7. The Balaban J connectivity index is 1.50. The highest BCUT2D eigenvalue weighted by molar-refractivity contribution is 6.33. The molecule has 1 saturated heterocycles. The topological polar surface area (TPSA) is 77.3 Å². The smallest absolute Gasteiger partial charge is 0.246 e. The molecule has 0 bridgehead atoms. The number of nitrogens with zero attached hydrogens (tertiary/aromatic N) is 2. The molecule has 0 atom stereocenters. The van der Waals surface area contributed by atoms with Gasteiger partial charge in [0.15, 0.2) is 0 Å². The van der Waals surface area contributed by atoms with Crippen molar-refractivity contribution in [3.63, 3.8) is 0 Å². The van der Waals surface area contributed by atoms with E-state index in [4.69, 9.17) is 20.9 Å². The van der Waals surface area contributed by atoms with Gasteiger partial charge in [0, 0.05) is 18.8 Å². The maximum Gasteiger partial charge on any atom is 0.246 e. The number of carbonyl (C=O) groups is 1. The molecule has 1 amide bonds. The number of nitrogens with one attached hydrogen (secondary N) is 1. The lowest BCUT2D eigenvalue weighted by molar-refractivity contribution is -0.130. The number of rotatable bonds is 5. The molecule has 1 aliphatic rings. The number of hydrogen-bond acceptors (Lipinski definition) is 5. The predicted octanol–water partition coefficient (Wildman–Crippen LogP) is 3.75. The Labute approximate surface area is 167 Å². The zero-order valence-electron chi connectivity index (χ0n) is 15.2. The molecule has 28 heavy (non-hydrogen) atoms. The van der Waals surface area contributed by atoms with Gasteiger partial charge in [0.1, 0.15) is 0 Å². The molecular formula is C21H20ClN3O3. The molecular weight excluding hydrogens is 378 g/mol. The van der Waals surface area contributed by atoms with Crippen LogP contribution in [-0.2, 0) is 21.5 Å². The second-order valence-electron chi connectivity index (χ2n) is 6.73. The first-order chi connectivity index (χ1) is 13.7. The van der Waals surface area contributed by atoms with Gasteiger partial charge in [-0.3, -0.25) is 4.79 Å². The molecule has 0 unspecified atom stereocenters. The van der Waals surface area contributed by atoms with Crippen molar-refractivity contribution in [2.24, 2.45) is 0 Å². The van der Waals surface area contributed by atoms with E-state index in [2.05, 4.69) is 15.5 Å². The Kier molecular flexibility index (Phi) is 5.41. The largest absolute Gasteiger partial charge is 0.381 e. The third kappa shape index (κ3) is 3.66. The molecule has 2 heterocycles. The summed E-state index contributed by atoms with van der Waals surface area (Å²) in [5.74, 6) is 0.678. The minimum absolute atomic E-state index is 0.0560. The Morgan fingerprint density at radius 1 is 1.07 bits per heavy atom. The Bertz CT molecular complexity index is 952. The highest BCUT2D eigenvalue weighted by atomic mass is 35.5. The van der Waals surface area contributed by atoms with Crippen molar-refractivity contribution in [1.82, 2.24) is 15.5 Å². The average molecular weight is 398 g/mol. The number of halogens is 1. The molecule has 2 aromatic carbocycles. The summed E-state index contributed by atoms with van der Waals surface area (Å²) in [7, 11) is 0. The fourth-order valence-corrected chi connectivity index (χ4v) is 3.75. The van der Waals surface area contributed by atoms with Crippen LogP contribution in [0, 0.1) is 0 Å². The molecule has 7 heteroatoms. The summed E-state index contributed by atoms with van der Waals surface area (Å²) < 4.78 is 10.8. The van der Waals surface area contributed by atoms with Crippen LogP contribution in [0.25, 0.3) is 11.4 Å². The number of benzene rings is 2. The van der Waals surface area contributed by atoms with Crippen molar-refractivity contribution in [2.45, 2.75) is 24.8 Å². The van der Waals surface area contributed by atoms with E-state index in [1.165, 1.54) is 0 Å². The molecule has 0 saturated carbocycles. The van der Waals surface area contributed by atoms with E-state index in [0.29, 0.717) is 48.4 Å². The molecule has 144 valence electrons. The molecule has 1 fully saturated rings. The molecule has 0 radical (unpaired) electrons. The summed E-state index contributed by atoms with van der Waals surface area (Å²) in [5, 5.41) is 7.48. The Morgan fingerprint density at radius 2 is 1.79 bits per heavy atom. The molecule has 6 nitrogen and oxygen atoms in total. The van der Waals surface area contributed by atoms with Crippen LogP contribution in [0.5, 0.6) is 0 Å². The highest BCUT2D eigenvalue weighted by Crippen LogP contribution is 2.35. The van der Waals surface area contributed by atoms with E-state index < -0.39 is 5.41 Å². The third-order valence-electron chi connectivity index (χ3n) is 5.09. The second kappa shape index (κ2) is 8.12. The lowest BCUT2D eigenvalue weighted by Gasteiger charge is -2.36. The number of aromatic nitrogens is 2. The van der Waals surface area contributed by atoms with Gasteiger partial charge >= 0.3 is 0 Å². The van der Waals surface area contributed by atoms with Gasteiger partial charge in [0.25, 0.3) is 0 Å². The van der Waals surface area contributed by atoms with Gasteiger partial charge in [0.05, 0.1) is 17.0 Å². The molecule has 1 aromatic heterocycles. The van der Waals surface area contributed by atoms with Crippen molar-refractivity contribution >= 4 is 17.5 Å². The first-order valence-electron chi connectivity index (χ1n) is 9.18. The van der Waals surface area contributed by atoms with Crippen LogP contribution in [0.3, 0.4) is 0 Å². The quantitative estimate of drug-likeness (QED) is 0.709. The van der Waals surface area contributed by atoms with Crippen LogP contribution in [0.15, 0.2) is 59.1 Å². The van der Waals surface area contributed by atoms with Gasteiger partial charge in [-0.25, -0.2) is 0 Å². The molecule has 1 N–H and O–H groups in total. The lowest BCUT2D eigenvalue weighted by Crippen LogP contribution is -2.47. The number of hydrogen-bond donors (Lipinski definition) is 1. The van der Waals surface area contributed by atoms with E-state index in [1.54, 1.807) is 6.07 Å². The van der Waals surface area contributed by atoms with Crippen molar-refractivity contribution in [2.75, 3.05) is 13.2 Å². The van der Waals surface area contributed by atoms with Crippen molar-refractivity contribution < 1.29 is 14.1 Å². The van der Waals surface area contributed by atoms with Crippen LogP contribution >= 0.6 is 11.6 Å². The van der Waals surface area contributed by atoms with Gasteiger partial charge in [-0.1, -0.05) is 59.2 Å². The normalized spacial score (nSPS) is 15.9. The van der Waals surface area contributed by atoms with Gasteiger partial charge in [-0.05, 0) is 30.5 Å². The minimum atomic E-state index is -0.606. The molecule has 3 aromatic rings. The van der Waals surface area contributed by atoms with Gasteiger partial charge in [-0.15, -0.1) is 0 Å². The SMILES string of the molecule is O=C(NCc1nc(-c2ccccc2Cl)no1)C1(c2ccccc2)CCOCC1. The number of amides is 1. The standard InChI is InChI=1S/C21H20ClN3O3/c22-17-9-5-4-8-16(17)19-24-18(28-25-19)14-23-20(26)21(10-12-27-13-11-21)15-6-2-1-3-7-15/h1-9H,10-14H2,(H,23,26). The van der Waals surface area contributed by atoms with E-state index in [-0.39, 0.29) is 12.5 Å². The highest BCUT2D eigenvalue weighted by Gasteiger charge is 2.41. The van der Waals surface area contributed by atoms with E-state index in [9.17, 15) is 4.79 Å². The Hall–Kier alpha value is -2.70. The third-order valence-corrected chi connectivity index (χ3v) is 5.42. The summed E-state index contributed by atoms with van der Waals surface area (Å²) >= 11 is 6.18. The lowest BCUT2D eigenvalue weighted by atomic mass is 9.73. The van der Waals surface area contributed by atoms with Crippen LogP contribution in [0.2, 0.25) is 5.02 Å². The van der Waals surface area contributed by atoms with Crippen LogP contribution in [-0.4, -0.2) is 29.3 Å². The molecule has 1 aliphatic heterocycles. The van der Waals surface area contributed by atoms with E-state index in [1.807, 2.05) is 48.5 Å². The Morgan fingerprint density at radius 3 is 2.54 bits per heavy atom. The van der Waals surface area contributed by atoms with E-state index >= 15 is 0 Å². The van der Waals surface area contributed by atoms with Crippen LogP contribution in [0.4, 0.5) is 0 Å². The second-order valence-corrected chi connectivity index (χ2v) is 7.14. The van der Waals surface area contributed by atoms with Crippen LogP contribution in [0.1, 0.15) is 24.3 Å². The molecule has 4 rings (SSSR count). The van der Waals surface area contributed by atoms with Crippen molar-refractivity contribution in [3.8, 4) is 11.4 Å². The summed E-state index contributed by atoms with van der Waals surface area (Å²) in [4.78, 5) is 17.5. The summed E-state index contributed by atoms with van der Waals surface area (Å²) in [6.45, 7) is 1.27. The zero-order chi connectivity index (χ0) is 19.4. The average Bonchev–Trinajstić information content (AvgIpc) is 3.22. The summed E-state index contributed by atoms with van der Waals surface area (Å²) in [6.07, 6.45) is 1.27. The minimum Gasteiger partial charge on any atom is -0.381 e. The maximum atomic E-state index is 13.1. The van der Waals surface area contributed by atoms with Gasteiger partial charge in [-0.2, -0.15) is 4.98 Å². The molecule has 0 aliphatic carbocycles. The number of carbonyl (C=O) groups excluding carboxylic acids is 1. The summed E-state index contributed by atoms with van der Waals surface area (Å²) in [6, 6.07) is 17.1. The predicted molar refractivity (Wildman–Crippen MR) is 105 cm³/mol. The fourth-order valence-electron chi connectivity index (χ4n) is 3.53. The first-order valence-corrected chi connectivity index (χ1v) is 9.56. The van der Waals surface area contributed by atoms with Gasteiger partial charge < -0.3 is 14.6 Å². The monoisotopic (exact) mass is 397 g/mol. The van der Waals surface area contributed by atoms with Crippen LogP contribution < -0.4 is 5.32 Å². The number of ether oxygens (including phenoxy) is 1. The van der Waals surface area contributed by atoms with Gasteiger partial charge in [0.2, 0.25) is 17.6 Å². The fraction of sp³-hybridized carbons (Fsp3) is 0.286. The van der Waals surface area contributed by atoms with E-state index in [0.717, 1.165) is 5.56 Å². The van der Waals surface area contributed by atoms with Crippen molar-refractivity contribution in [1.29, 1.82) is 0 Å². The summed E-state index contributed by atoms with van der Waals surface area (Å²) in [5.41, 5.74) is 1.08. The zero-order valence-corrected chi connectivity index (χ0v) is 16.0.